The molecule has 2 N–H and O–H groups in total. The van der Waals surface area contributed by atoms with E-state index in [9.17, 15) is 9.59 Å². The minimum absolute atomic E-state index is 0.0963. The number of anilines is 1. The molecule has 2 amide bonds. The topological polar surface area (TPSA) is 82.9 Å². The van der Waals surface area contributed by atoms with Crippen molar-refractivity contribution in [2.45, 2.75) is 31.3 Å². The summed E-state index contributed by atoms with van der Waals surface area (Å²) >= 11 is 6.13. The van der Waals surface area contributed by atoms with E-state index in [2.05, 4.69) is 26.8 Å². The second-order valence-electron chi connectivity index (χ2n) is 5.61. The molecule has 0 aromatic heterocycles. The van der Waals surface area contributed by atoms with Crippen molar-refractivity contribution in [3.05, 3.63) is 28.3 Å². The van der Waals surface area contributed by atoms with Gasteiger partial charge in [0.15, 0.2) is 5.66 Å². The van der Waals surface area contributed by atoms with Crippen molar-refractivity contribution < 1.29 is 9.59 Å². The first-order valence-electron chi connectivity index (χ1n) is 7.31. The van der Waals surface area contributed by atoms with E-state index in [1.54, 1.807) is 12.1 Å². The number of benzene rings is 1. The van der Waals surface area contributed by atoms with Crippen molar-refractivity contribution in [3.8, 4) is 12.3 Å². The van der Waals surface area contributed by atoms with Crippen LogP contribution in [0, 0.1) is 12.3 Å². The van der Waals surface area contributed by atoms with E-state index in [0.717, 1.165) is 5.56 Å². The average Bonchev–Trinajstić information content (AvgIpc) is 3.18. The second-order valence-corrected chi connectivity index (χ2v) is 6.01. The summed E-state index contributed by atoms with van der Waals surface area (Å²) in [6.45, 7) is 0.432. The Balaban J connectivity index is 1.58. The van der Waals surface area contributed by atoms with Crippen molar-refractivity contribution in [3.63, 3.8) is 0 Å². The summed E-state index contributed by atoms with van der Waals surface area (Å²) in [4.78, 5) is 23.7. The number of nitrogens with one attached hydrogen (secondary N) is 2. The molecule has 0 radical (unpaired) electrons. The molecule has 6 nitrogen and oxygen atoms in total. The molecule has 2 heterocycles. The van der Waals surface area contributed by atoms with Crippen LogP contribution in [-0.4, -0.2) is 24.0 Å². The van der Waals surface area contributed by atoms with E-state index in [0.29, 0.717) is 42.1 Å². The van der Waals surface area contributed by atoms with Crippen LogP contribution in [0.3, 0.4) is 0 Å². The molecular formula is C16H15ClN4O2. The molecule has 2 aliphatic rings. The predicted octanol–water partition coefficient (Wildman–Crippen LogP) is 2.53. The lowest BCUT2D eigenvalue weighted by atomic mass is 10.0. The first kappa shape index (κ1) is 15.5. The fraction of sp³-hybridized carbons (Fsp3) is 0.375. The molecule has 23 heavy (non-hydrogen) atoms. The average molecular weight is 331 g/mol. The molecule has 0 aliphatic carbocycles. The van der Waals surface area contributed by atoms with Gasteiger partial charge in [-0.15, -0.1) is 12.3 Å². The third-order valence-corrected chi connectivity index (χ3v) is 4.24. The Bertz CT molecular complexity index is 745. The number of amides is 2. The first-order valence-corrected chi connectivity index (χ1v) is 7.69. The van der Waals surface area contributed by atoms with Crippen LogP contribution in [0.25, 0.3) is 0 Å². The Hall–Kier alpha value is -2.39. The molecule has 0 saturated heterocycles. The summed E-state index contributed by atoms with van der Waals surface area (Å²) in [5, 5.41) is 13.9. The van der Waals surface area contributed by atoms with E-state index in [1.807, 2.05) is 0 Å². The van der Waals surface area contributed by atoms with Crippen molar-refractivity contribution in [1.29, 1.82) is 0 Å². The lowest BCUT2D eigenvalue weighted by Gasteiger charge is -2.11. The lowest BCUT2D eigenvalue weighted by molar-refractivity contribution is -0.115. The minimum atomic E-state index is -0.419. The minimum Gasteiger partial charge on any atom is -0.352 e. The highest BCUT2D eigenvalue weighted by molar-refractivity contribution is 6.34. The van der Waals surface area contributed by atoms with Crippen LogP contribution in [0.15, 0.2) is 22.4 Å². The van der Waals surface area contributed by atoms with Gasteiger partial charge in [0.05, 0.1) is 17.0 Å². The van der Waals surface area contributed by atoms with Crippen LogP contribution < -0.4 is 10.6 Å². The van der Waals surface area contributed by atoms with Crippen molar-refractivity contribution >= 4 is 29.1 Å². The summed E-state index contributed by atoms with van der Waals surface area (Å²) in [7, 11) is 0. The summed E-state index contributed by atoms with van der Waals surface area (Å²) < 4.78 is 0. The van der Waals surface area contributed by atoms with Crippen LogP contribution in [0.2, 0.25) is 5.02 Å². The third kappa shape index (κ3) is 3.35. The molecule has 0 saturated carbocycles. The number of hydrogen-bond acceptors (Lipinski definition) is 4. The summed E-state index contributed by atoms with van der Waals surface area (Å²) in [6, 6.07) is 3.27. The van der Waals surface area contributed by atoms with Gasteiger partial charge in [-0.3, -0.25) is 9.59 Å². The van der Waals surface area contributed by atoms with Gasteiger partial charge in [-0.05, 0) is 17.7 Å². The molecule has 7 heteroatoms. The predicted molar refractivity (Wildman–Crippen MR) is 86.4 cm³/mol. The molecule has 2 aliphatic heterocycles. The van der Waals surface area contributed by atoms with Crippen LogP contribution in [0.5, 0.6) is 0 Å². The Morgan fingerprint density at radius 1 is 1.43 bits per heavy atom. The molecule has 1 aromatic rings. The van der Waals surface area contributed by atoms with Gasteiger partial charge in [-0.2, -0.15) is 10.2 Å². The molecule has 118 valence electrons. The van der Waals surface area contributed by atoms with Crippen molar-refractivity contribution in [2.24, 2.45) is 10.2 Å². The van der Waals surface area contributed by atoms with Crippen LogP contribution in [0.4, 0.5) is 5.69 Å². The molecule has 0 bridgehead atoms. The van der Waals surface area contributed by atoms with Gasteiger partial charge < -0.3 is 10.6 Å². The van der Waals surface area contributed by atoms with Gasteiger partial charge in [0, 0.05) is 31.5 Å². The monoisotopic (exact) mass is 330 g/mol. The van der Waals surface area contributed by atoms with E-state index in [-0.39, 0.29) is 18.2 Å². The van der Waals surface area contributed by atoms with Gasteiger partial charge in [0.1, 0.15) is 0 Å². The maximum absolute atomic E-state index is 12.3. The highest BCUT2D eigenvalue weighted by Gasteiger charge is 2.38. The maximum atomic E-state index is 12.3. The molecular weight excluding hydrogens is 316 g/mol. The van der Waals surface area contributed by atoms with Gasteiger partial charge in [-0.1, -0.05) is 11.6 Å². The number of carbonyl (C=O) groups is 2. The summed E-state index contributed by atoms with van der Waals surface area (Å²) in [5.41, 5.74) is 1.39. The number of fused-ring (bicyclic) bond motifs is 1. The molecule has 1 aromatic carbocycles. The highest BCUT2D eigenvalue weighted by Crippen LogP contribution is 2.36. The van der Waals surface area contributed by atoms with Gasteiger partial charge in [0.25, 0.3) is 5.91 Å². The fourth-order valence-corrected chi connectivity index (χ4v) is 2.81. The van der Waals surface area contributed by atoms with Crippen LogP contribution in [-0.2, 0) is 11.2 Å². The lowest BCUT2D eigenvalue weighted by Crippen LogP contribution is -2.28. The zero-order valence-corrected chi connectivity index (χ0v) is 13.1. The van der Waals surface area contributed by atoms with E-state index < -0.39 is 5.66 Å². The van der Waals surface area contributed by atoms with Crippen molar-refractivity contribution in [2.75, 3.05) is 11.9 Å². The number of halogens is 1. The highest BCUT2D eigenvalue weighted by atomic mass is 35.5. The fourth-order valence-electron chi connectivity index (χ4n) is 2.56. The normalized spacial score (nSPS) is 16.4. The summed E-state index contributed by atoms with van der Waals surface area (Å²) in [5.74, 6) is 2.20. The Kier molecular flexibility index (Phi) is 4.05. The summed E-state index contributed by atoms with van der Waals surface area (Å²) in [6.07, 6.45) is 7.43. The zero-order valence-electron chi connectivity index (χ0n) is 12.4. The first-order chi connectivity index (χ1) is 11.0. The number of nitrogens with zero attached hydrogens (tertiary/aromatic N) is 2. The number of carbonyl (C=O) groups excluding carboxylic acids is 2. The second kappa shape index (κ2) is 6.01. The standard InChI is InChI=1S/C16H15ClN4O2/c1-2-3-4-16(20-21-16)5-6-18-15(23)11-7-10-8-14(22)19-13(10)9-12(11)17/h1,7,9H,3-6,8H2,(H,18,23)(H,19,22). The number of hydrogen-bond donors (Lipinski definition) is 2. The van der Waals surface area contributed by atoms with Gasteiger partial charge >= 0.3 is 0 Å². The Morgan fingerprint density at radius 3 is 2.91 bits per heavy atom. The molecule has 0 unspecified atom stereocenters. The van der Waals surface area contributed by atoms with E-state index in [4.69, 9.17) is 18.0 Å². The van der Waals surface area contributed by atoms with E-state index >= 15 is 0 Å². The van der Waals surface area contributed by atoms with Crippen molar-refractivity contribution in [1.82, 2.24) is 5.32 Å². The SMILES string of the molecule is C#CCCC1(CCNC(=O)c2cc3c(cc2Cl)NC(=O)C3)N=N1. The third-order valence-electron chi connectivity index (χ3n) is 3.93. The quantitative estimate of drug-likeness (QED) is 0.786. The Morgan fingerprint density at radius 2 is 2.22 bits per heavy atom. The van der Waals surface area contributed by atoms with E-state index in [1.165, 1.54) is 0 Å². The number of terminal acetylenes is 1. The maximum Gasteiger partial charge on any atom is 0.252 e. The molecule has 0 atom stereocenters. The zero-order chi connectivity index (χ0) is 16.4. The molecule has 0 fully saturated rings. The Labute approximate surface area is 138 Å². The van der Waals surface area contributed by atoms with Crippen LogP contribution >= 0.6 is 11.6 Å². The smallest absolute Gasteiger partial charge is 0.252 e. The van der Waals surface area contributed by atoms with Gasteiger partial charge in [-0.25, -0.2) is 0 Å². The van der Waals surface area contributed by atoms with Gasteiger partial charge in [0.2, 0.25) is 5.91 Å². The largest absolute Gasteiger partial charge is 0.352 e. The molecule has 3 rings (SSSR count). The van der Waals surface area contributed by atoms with Crippen LogP contribution in [0.1, 0.15) is 35.2 Å². The number of rotatable bonds is 6. The molecule has 0 spiro atoms.